The molecular weight excluding hydrogens is 343 g/mol. The molecule has 0 radical (unpaired) electrons. The maximum atomic E-state index is 5.99. The maximum absolute atomic E-state index is 5.99. The number of halogens is 2. The third-order valence-corrected chi connectivity index (χ3v) is 3.85. The van der Waals surface area contributed by atoms with Gasteiger partial charge in [-0.25, -0.2) is 4.98 Å². The summed E-state index contributed by atoms with van der Waals surface area (Å²) in [5.41, 5.74) is 2.09. The van der Waals surface area contributed by atoms with Crippen molar-refractivity contribution in [2.24, 2.45) is 0 Å². The summed E-state index contributed by atoms with van der Waals surface area (Å²) >= 11 is 11.9. The Balaban J connectivity index is 1.57. The monoisotopic (exact) mass is 358 g/mol. The van der Waals surface area contributed by atoms with Crippen LogP contribution in [0.5, 0.6) is 0 Å². The standard InChI is InChI=1S/C18H16Cl2N4/c19-14-4-6-16(7-5-14)23-17-9-11-22-18(24-17)21-10-8-13-2-1-3-15(20)12-13/h1-7,9,11-12H,8,10H2,(H2,21,22,23,24). The Kier molecular flexibility index (Phi) is 5.51. The molecule has 122 valence electrons. The van der Waals surface area contributed by atoms with Crippen molar-refractivity contribution in [2.75, 3.05) is 17.2 Å². The molecule has 0 aliphatic heterocycles. The molecule has 2 N–H and O–H groups in total. The van der Waals surface area contributed by atoms with Crippen LogP contribution in [0.3, 0.4) is 0 Å². The Labute approximate surface area is 150 Å². The minimum Gasteiger partial charge on any atom is -0.354 e. The van der Waals surface area contributed by atoms with E-state index in [-0.39, 0.29) is 0 Å². The number of nitrogens with one attached hydrogen (secondary N) is 2. The Bertz CT molecular complexity index is 806. The van der Waals surface area contributed by atoms with Gasteiger partial charge in [0, 0.05) is 28.5 Å². The number of nitrogens with zero attached hydrogens (tertiary/aromatic N) is 2. The Morgan fingerprint density at radius 1 is 0.917 bits per heavy atom. The summed E-state index contributed by atoms with van der Waals surface area (Å²) in [6, 6.07) is 17.1. The van der Waals surface area contributed by atoms with E-state index < -0.39 is 0 Å². The second-order valence-corrected chi connectivity index (χ2v) is 6.08. The van der Waals surface area contributed by atoms with Gasteiger partial charge in [0.25, 0.3) is 0 Å². The van der Waals surface area contributed by atoms with Gasteiger partial charge in [0.2, 0.25) is 5.95 Å². The molecule has 3 aromatic rings. The van der Waals surface area contributed by atoms with Crippen molar-refractivity contribution < 1.29 is 0 Å². The van der Waals surface area contributed by atoms with Crippen molar-refractivity contribution in [1.82, 2.24) is 9.97 Å². The molecule has 2 aromatic carbocycles. The van der Waals surface area contributed by atoms with Gasteiger partial charge in [-0.2, -0.15) is 4.98 Å². The molecule has 3 rings (SSSR count). The second kappa shape index (κ2) is 7.99. The SMILES string of the molecule is Clc1ccc(Nc2ccnc(NCCc3cccc(Cl)c3)n2)cc1. The van der Waals surface area contributed by atoms with Gasteiger partial charge < -0.3 is 10.6 Å². The van der Waals surface area contributed by atoms with Gasteiger partial charge in [0.05, 0.1) is 0 Å². The number of rotatable bonds is 6. The smallest absolute Gasteiger partial charge is 0.224 e. The van der Waals surface area contributed by atoms with E-state index >= 15 is 0 Å². The fraction of sp³-hybridized carbons (Fsp3) is 0.111. The fourth-order valence-electron chi connectivity index (χ4n) is 2.21. The molecule has 0 saturated heterocycles. The quantitative estimate of drug-likeness (QED) is 0.637. The zero-order valence-electron chi connectivity index (χ0n) is 12.8. The summed E-state index contributed by atoms with van der Waals surface area (Å²) in [6.45, 7) is 0.727. The van der Waals surface area contributed by atoms with Crippen LogP contribution in [0.1, 0.15) is 5.56 Å². The highest BCUT2D eigenvalue weighted by Gasteiger charge is 2.01. The summed E-state index contributed by atoms with van der Waals surface area (Å²) in [4.78, 5) is 8.68. The first kappa shape index (κ1) is 16.6. The molecule has 0 atom stereocenters. The number of aromatic nitrogens is 2. The van der Waals surface area contributed by atoms with Crippen molar-refractivity contribution in [2.45, 2.75) is 6.42 Å². The molecule has 0 fully saturated rings. The van der Waals surface area contributed by atoms with Crippen LogP contribution in [0.15, 0.2) is 60.8 Å². The largest absolute Gasteiger partial charge is 0.354 e. The molecular formula is C18H16Cl2N4. The Hall–Kier alpha value is -2.30. The molecule has 0 aliphatic rings. The maximum Gasteiger partial charge on any atom is 0.224 e. The topological polar surface area (TPSA) is 49.8 Å². The lowest BCUT2D eigenvalue weighted by molar-refractivity contribution is 0.985. The average Bonchev–Trinajstić information content (AvgIpc) is 2.58. The van der Waals surface area contributed by atoms with Crippen LogP contribution in [0.25, 0.3) is 0 Å². The third kappa shape index (κ3) is 4.85. The van der Waals surface area contributed by atoms with E-state index in [0.717, 1.165) is 29.5 Å². The predicted molar refractivity (Wildman–Crippen MR) is 100 cm³/mol. The van der Waals surface area contributed by atoms with E-state index in [0.29, 0.717) is 11.0 Å². The predicted octanol–water partition coefficient (Wildman–Crippen LogP) is 5.18. The van der Waals surface area contributed by atoms with Gasteiger partial charge in [-0.15, -0.1) is 0 Å². The van der Waals surface area contributed by atoms with Gasteiger partial charge >= 0.3 is 0 Å². The number of benzene rings is 2. The fourth-order valence-corrected chi connectivity index (χ4v) is 2.54. The highest BCUT2D eigenvalue weighted by Crippen LogP contribution is 2.18. The van der Waals surface area contributed by atoms with Crippen LogP contribution in [0.2, 0.25) is 10.0 Å². The summed E-state index contributed by atoms with van der Waals surface area (Å²) in [7, 11) is 0. The highest BCUT2D eigenvalue weighted by molar-refractivity contribution is 6.30. The molecule has 0 unspecified atom stereocenters. The molecule has 4 nitrogen and oxygen atoms in total. The minimum absolute atomic E-state index is 0.580. The van der Waals surface area contributed by atoms with Gasteiger partial charge in [0.15, 0.2) is 0 Å². The lowest BCUT2D eigenvalue weighted by Gasteiger charge is -2.08. The molecule has 0 saturated carbocycles. The van der Waals surface area contributed by atoms with Crippen molar-refractivity contribution >= 4 is 40.7 Å². The first-order valence-corrected chi connectivity index (χ1v) is 8.28. The molecule has 24 heavy (non-hydrogen) atoms. The minimum atomic E-state index is 0.580. The van der Waals surface area contributed by atoms with Gasteiger partial charge in [-0.3, -0.25) is 0 Å². The molecule has 0 spiro atoms. The number of anilines is 3. The molecule has 6 heteroatoms. The lowest BCUT2D eigenvalue weighted by Crippen LogP contribution is -2.08. The van der Waals surface area contributed by atoms with Crippen molar-refractivity contribution in [1.29, 1.82) is 0 Å². The molecule has 0 amide bonds. The molecule has 1 heterocycles. The lowest BCUT2D eigenvalue weighted by atomic mass is 10.1. The molecule has 1 aromatic heterocycles. The van der Waals surface area contributed by atoms with E-state index in [4.69, 9.17) is 23.2 Å². The van der Waals surface area contributed by atoms with Crippen LogP contribution < -0.4 is 10.6 Å². The van der Waals surface area contributed by atoms with Crippen LogP contribution in [-0.2, 0) is 6.42 Å². The van der Waals surface area contributed by atoms with E-state index in [2.05, 4.69) is 20.6 Å². The third-order valence-electron chi connectivity index (χ3n) is 3.36. The van der Waals surface area contributed by atoms with Crippen LogP contribution in [0.4, 0.5) is 17.5 Å². The number of hydrogen-bond donors (Lipinski definition) is 2. The van der Waals surface area contributed by atoms with Crippen molar-refractivity contribution in [3.05, 3.63) is 76.4 Å². The van der Waals surface area contributed by atoms with Crippen LogP contribution >= 0.6 is 23.2 Å². The first-order chi connectivity index (χ1) is 11.7. The van der Waals surface area contributed by atoms with Crippen molar-refractivity contribution in [3.8, 4) is 0 Å². The van der Waals surface area contributed by atoms with E-state index in [1.807, 2.05) is 54.6 Å². The van der Waals surface area contributed by atoms with Gasteiger partial charge in [-0.1, -0.05) is 35.3 Å². The summed E-state index contributed by atoms with van der Waals surface area (Å²) in [5, 5.41) is 7.89. The van der Waals surface area contributed by atoms with Crippen LogP contribution in [0, 0.1) is 0 Å². The highest BCUT2D eigenvalue weighted by atomic mass is 35.5. The van der Waals surface area contributed by atoms with Crippen molar-refractivity contribution in [3.63, 3.8) is 0 Å². The summed E-state index contributed by atoms with van der Waals surface area (Å²) in [5.74, 6) is 1.30. The van der Waals surface area contributed by atoms with Gasteiger partial charge in [0.1, 0.15) is 5.82 Å². The summed E-state index contributed by atoms with van der Waals surface area (Å²) in [6.07, 6.45) is 2.56. The molecule has 0 bridgehead atoms. The second-order valence-electron chi connectivity index (χ2n) is 5.20. The average molecular weight is 359 g/mol. The van der Waals surface area contributed by atoms with E-state index in [9.17, 15) is 0 Å². The van der Waals surface area contributed by atoms with E-state index in [1.165, 1.54) is 5.56 Å². The Morgan fingerprint density at radius 2 is 1.75 bits per heavy atom. The zero-order valence-corrected chi connectivity index (χ0v) is 14.3. The molecule has 0 aliphatic carbocycles. The summed E-state index contributed by atoms with van der Waals surface area (Å²) < 4.78 is 0. The Morgan fingerprint density at radius 3 is 2.54 bits per heavy atom. The van der Waals surface area contributed by atoms with E-state index in [1.54, 1.807) is 6.20 Å². The normalized spacial score (nSPS) is 10.4. The number of hydrogen-bond acceptors (Lipinski definition) is 4. The first-order valence-electron chi connectivity index (χ1n) is 7.53. The van der Waals surface area contributed by atoms with Gasteiger partial charge in [-0.05, 0) is 54.4 Å². The zero-order chi connectivity index (χ0) is 16.8. The van der Waals surface area contributed by atoms with Crippen LogP contribution in [-0.4, -0.2) is 16.5 Å².